The van der Waals surface area contributed by atoms with Crippen LogP contribution in [0.25, 0.3) is 0 Å². The Morgan fingerprint density at radius 1 is 1.28 bits per heavy atom. The number of carbonyl (C=O) groups excluding carboxylic acids is 3. The molecule has 2 amide bonds. The van der Waals surface area contributed by atoms with Crippen molar-refractivity contribution >= 4 is 17.8 Å². The van der Waals surface area contributed by atoms with Gasteiger partial charge in [-0.25, -0.2) is 0 Å². The molecule has 6 heteroatoms. The Bertz CT molecular complexity index is 485. The molecule has 0 fully saturated rings. The van der Waals surface area contributed by atoms with Crippen molar-refractivity contribution in [1.29, 1.82) is 0 Å². The van der Waals surface area contributed by atoms with Crippen LogP contribution in [0.3, 0.4) is 0 Å². The first-order chi connectivity index (χ1) is 8.45. The van der Waals surface area contributed by atoms with E-state index in [1.165, 1.54) is 31.2 Å². The number of hydrogen-bond donors (Lipinski definition) is 1. The van der Waals surface area contributed by atoms with Gasteiger partial charge in [-0.15, -0.1) is 0 Å². The molecule has 0 bridgehead atoms. The summed E-state index contributed by atoms with van der Waals surface area (Å²) in [5.41, 5.74) is 5.66. The number of esters is 1. The molecule has 1 aromatic rings. The highest BCUT2D eigenvalue weighted by Crippen LogP contribution is 2.07. The van der Waals surface area contributed by atoms with Crippen LogP contribution in [0.5, 0.6) is 0 Å². The minimum Gasteiger partial charge on any atom is -0.468 e. The second-order valence-corrected chi connectivity index (χ2v) is 3.68. The van der Waals surface area contributed by atoms with Crippen molar-refractivity contribution in [1.82, 2.24) is 4.90 Å². The first-order valence-electron chi connectivity index (χ1n) is 5.18. The molecule has 1 aromatic carbocycles. The predicted octanol–water partition coefficient (Wildman–Crippen LogP) is 0.0305. The molecule has 96 valence electrons. The molecule has 1 rings (SSSR count). The largest absolute Gasteiger partial charge is 0.468 e. The molecule has 0 atom stereocenters. The fourth-order valence-electron chi connectivity index (χ4n) is 1.36. The summed E-state index contributed by atoms with van der Waals surface area (Å²) in [5.74, 6) is -1.51. The van der Waals surface area contributed by atoms with Gasteiger partial charge < -0.3 is 15.4 Å². The molecular weight excluding hydrogens is 236 g/mol. The number of hydrogen-bond acceptors (Lipinski definition) is 4. The van der Waals surface area contributed by atoms with Crippen LogP contribution in [0.1, 0.15) is 20.7 Å². The normalized spacial score (nSPS) is 9.67. The minimum absolute atomic E-state index is 0.157. The maximum Gasteiger partial charge on any atom is 0.325 e. The number of amides is 2. The highest BCUT2D eigenvalue weighted by atomic mass is 16.5. The molecular formula is C12H14N2O4. The SMILES string of the molecule is COC(=O)CN(C)C(=O)c1cccc(C(N)=O)c1. The van der Waals surface area contributed by atoms with E-state index in [9.17, 15) is 14.4 Å². The molecule has 0 unspecified atom stereocenters. The van der Waals surface area contributed by atoms with E-state index in [1.807, 2.05) is 0 Å². The average molecular weight is 250 g/mol. The number of methoxy groups -OCH3 is 1. The van der Waals surface area contributed by atoms with Crippen molar-refractivity contribution in [2.75, 3.05) is 20.7 Å². The summed E-state index contributed by atoms with van der Waals surface area (Å²) in [4.78, 5) is 35.2. The van der Waals surface area contributed by atoms with E-state index in [-0.39, 0.29) is 23.6 Å². The number of nitrogens with zero attached hydrogens (tertiary/aromatic N) is 1. The second-order valence-electron chi connectivity index (χ2n) is 3.68. The molecule has 0 saturated carbocycles. The van der Waals surface area contributed by atoms with Gasteiger partial charge in [-0.3, -0.25) is 14.4 Å². The fourth-order valence-corrected chi connectivity index (χ4v) is 1.36. The standard InChI is InChI=1S/C12H14N2O4/c1-14(7-10(15)18-2)12(17)9-5-3-4-8(6-9)11(13)16/h3-6H,7H2,1-2H3,(H2,13,16). The molecule has 0 aliphatic rings. The third kappa shape index (κ3) is 3.31. The topological polar surface area (TPSA) is 89.7 Å². The summed E-state index contributed by atoms with van der Waals surface area (Å²) in [6.45, 7) is -0.157. The smallest absolute Gasteiger partial charge is 0.325 e. The zero-order valence-corrected chi connectivity index (χ0v) is 10.2. The average Bonchev–Trinajstić information content (AvgIpc) is 2.37. The summed E-state index contributed by atoms with van der Waals surface area (Å²) < 4.78 is 4.46. The van der Waals surface area contributed by atoms with Gasteiger partial charge >= 0.3 is 5.97 Å². The molecule has 0 aliphatic carbocycles. The highest BCUT2D eigenvalue weighted by molar-refractivity contribution is 5.99. The van der Waals surface area contributed by atoms with E-state index in [0.717, 1.165) is 0 Å². The zero-order chi connectivity index (χ0) is 13.7. The van der Waals surface area contributed by atoms with Crippen LogP contribution in [0.4, 0.5) is 0 Å². The molecule has 0 aliphatic heterocycles. The van der Waals surface area contributed by atoms with Gasteiger partial charge in [0, 0.05) is 18.2 Å². The van der Waals surface area contributed by atoms with E-state index < -0.39 is 11.9 Å². The number of rotatable bonds is 4. The van der Waals surface area contributed by atoms with Crippen molar-refractivity contribution in [3.63, 3.8) is 0 Å². The first kappa shape index (κ1) is 13.7. The Morgan fingerprint density at radius 2 is 1.89 bits per heavy atom. The predicted molar refractivity (Wildman–Crippen MR) is 63.9 cm³/mol. The molecule has 6 nitrogen and oxygen atoms in total. The van der Waals surface area contributed by atoms with Crippen LogP contribution >= 0.6 is 0 Å². The van der Waals surface area contributed by atoms with Gasteiger partial charge in [-0.1, -0.05) is 6.07 Å². The van der Waals surface area contributed by atoms with Crippen LogP contribution in [0.15, 0.2) is 24.3 Å². The van der Waals surface area contributed by atoms with Crippen molar-refractivity contribution < 1.29 is 19.1 Å². The van der Waals surface area contributed by atoms with Gasteiger partial charge in [0.2, 0.25) is 5.91 Å². The molecule has 0 saturated heterocycles. The van der Waals surface area contributed by atoms with Crippen molar-refractivity contribution in [2.24, 2.45) is 5.73 Å². The molecule has 0 aromatic heterocycles. The Balaban J connectivity index is 2.86. The van der Waals surface area contributed by atoms with Gasteiger partial charge in [0.25, 0.3) is 5.91 Å². The summed E-state index contributed by atoms with van der Waals surface area (Å²) >= 11 is 0. The van der Waals surface area contributed by atoms with Crippen LogP contribution < -0.4 is 5.73 Å². The van der Waals surface area contributed by atoms with E-state index in [2.05, 4.69) is 4.74 Å². The van der Waals surface area contributed by atoms with E-state index >= 15 is 0 Å². The van der Waals surface area contributed by atoms with Crippen molar-refractivity contribution in [3.05, 3.63) is 35.4 Å². The number of nitrogens with two attached hydrogens (primary N) is 1. The molecule has 18 heavy (non-hydrogen) atoms. The van der Waals surface area contributed by atoms with Crippen molar-refractivity contribution in [2.45, 2.75) is 0 Å². The lowest BCUT2D eigenvalue weighted by Gasteiger charge is -2.15. The van der Waals surface area contributed by atoms with Gasteiger partial charge in [-0.2, -0.15) is 0 Å². The summed E-state index contributed by atoms with van der Waals surface area (Å²) in [6, 6.07) is 6.00. The van der Waals surface area contributed by atoms with Gasteiger partial charge in [0.15, 0.2) is 0 Å². The van der Waals surface area contributed by atoms with E-state index in [1.54, 1.807) is 12.1 Å². The number of ether oxygens (including phenoxy) is 1. The van der Waals surface area contributed by atoms with Crippen molar-refractivity contribution in [3.8, 4) is 0 Å². The van der Waals surface area contributed by atoms with Gasteiger partial charge in [-0.05, 0) is 18.2 Å². The monoisotopic (exact) mass is 250 g/mol. The Labute approximate surface area is 104 Å². The lowest BCUT2D eigenvalue weighted by atomic mass is 10.1. The number of benzene rings is 1. The number of carbonyl (C=O) groups is 3. The maximum absolute atomic E-state index is 11.9. The second kappa shape index (κ2) is 5.81. The first-order valence-corrected chi connectivity index (χ1v) is 5.18. The van der Waals surface area contributed by atoms with Gasteiger partial charge in [0.1, 0.15) is 6.54 Å². The van der Waals surface area contributed by atoms with Crippen LogP contribution in [0, 0.1) is 0 Å². The Morgan fingerprint density at radius 3 is 2.44 bits per heavy atom. The minimum atomic E-state index is -0.611. The number of likely N-dealkylation sites (N-methyl/N-ethyl adjacent to an activating group) is 1. The number of primary amides is 1. The highest BCUT2D eigenvalue weighted by Gasteiger charge is 2.16. The van der Waals surface area contributed by atoms with Crippen LogP contribution in [-0.2, 0) is 9.53 Å². The lowest BCUT2D eigenvalue weighted by Crippen LogP contribution is -2.32. The quantitative estimate of drug-likeness (QED) is 0.763. The third-order valence-electron chi connectivity index (χ3n) is 2.33. The molecule has 0 spiro atoms. The van der Waals surface area contributed by atoms with Crippen LogP contribution in [0.2, 0.25) is 0 Å². The maximum atomic E-state index is 11.9. The zero-order valence-electron chi connectivity index (χ0n) is 10.2. The van der Waals surface area contributed by atoms with Gasteiger partial charge in [0.05, 0.1) is 7.11 Å². The molecule has 2 N–H and O–H groups in total. The Kier molecular flexibility index (Phi) is 4.42. The van der Waals surface area contributed by atoms with E-state index in [4.69, 9.17) is 5.73 Å². The summed E-state index contributed by atoms with van der Waals surface area (Å²) in [5, 5.41) is 0. The summed E-state index contributed by atoms with van der Waals surface area (Å²) in [7, 11) is 2.71. The Hall–Kier alpha value is -2.37. The fraction of sp³-hybridized carbons (Fsp3) is 0.250. The van der Waals surface area contributed by atoms with E-state index in [0.29, 0.717) is 0 Å². The lowest BCUT2D eigenvalue weighted by molar-refractivity contribution is -0.141. The summed E-state index contributed by atoms with van der Waals surface area (Å²) in [6.07, 6.45) is 0. The molecule has 0 heterocycles. The third-order valence-corrected chi connectivity index (χ3v) is 2.33. The van der Waals surface area contributed by atoms with Crippen LogP contribution in [-0.4, -0.2) is 43.4 Å². The molecule has 0 radical (unpaired) electrons.